The molecule has 0 spiro atoms. The van der Waals surface area contributed by atoms with Crippen molar-refractivity contribution in [2.24, 2.45) is 0 Å². The fraction of sp³-hybridized carbons (Fsp3) is 0.692. The van der Waals surface area contributed by atoms with Gasteiger partial charge in [0, 0.05) is 6.42 Å². The van der Waals surface area contributed by atoms with Crippen molar-refractivity contribution in [3.8, 4) is 0 Å². The molecule has 0 atom stereocenters. The summed E-state index contributed by atoms with van der Waals surface area (Å²) in [4.78, 5) is 32.8. The molecule has 182 valence electrons. The lowest BCUT2D eigenvalue weighted by Crippen LogP contribution is -2.34. The van der Waals surface area contributed by atoms with Gasteiger partial charge in [-0.1, -0.05) is 62.4 Å². The number of carbonyl (C=O) groups is 2. The molecule has 0 saturated heterocycles. The lowest BCUT2D eigenvalue weighted by Gasteiger charge is -2.24. The van der Waals surface area contributed by atoms with Crippen molar-refractivity contribution in [1.29, 1.82) is 0 Å². The van der Waals surface area contributed by atoms with Gasteiger partial charge in [0.05, 0.1) is 13.0 Å². The van der Waals surface area contributed by atoms with Crippen molar-refractivity contribution in [3.63, 3.8) is 0 Å². The molecule has 1 aromatic rings. The minimum atomic E-state index is -0.538. The van der Waals surface area contributed by atoms with E-state index in [1.165, 1.54) is 30.7 Å². The highest BCUT2D eigenvalue weighted by Crippen LogP contribution is 2.13. The number of carbonyl (C=O) groups excluding carboxylic acids is 2. The molecule has 1 rings (SSSR count). The van der Waals surface area contributed by atoms with Crippen LogP contribution in [-0.4, -0.2) is 54.6 Å². The van der Waals surface area contributed by atoms with Gasteiger partial charge in [-0.2, -0.15) is 0 Å². The molecule has 6 heteroatoms. The first-order chi connectivity index (χ1) is 15.2. The van der Waals surface area contributed by atoms with Crippen molar-refractivity contribution in [2.75, 3.05) is 27.2 Å². The van der Waals surface area contributed by atoms with E-state index in [0.717, 1.165) is 31.4 Å². The van der Waals surface area contributed by atoms with E-state index in [-0.39, 0.29) is 24.8 Å². The first kappa shape index (κ1) is 28.1. The van der Waals surface area contributed by atoms with Gasteiger partial charge in [-0.05, 0) is 59.8 Å². The molecule has 0 heterocycles. The topological polar surface area (TPSA) is 59.1 Å². The Morgan fingerprint density at radius 2 is 1.41 bits per heavy atom. The Hall–Kier alpha value is -1.92. The van der Waals surface area contributed by atoms with Gasteiger partial charge in [0.2, 0.25) is 5.91 Å². The monoisotopic (exact) mass is 448 g/mol. The molecule has 32 heavy (non-hydrogen) atoms. The zero-order valence-electron chi connectivity index (χ0n) is 20.9. The molecular formula is C26H44N2O4. The van der Waals surface area contributed by atoms with E-state index < -0.39 is 5.60 Å². The lowest BCUT2D eigenvalue weighted by molar-refractivity contribution is -0.194. The number of hydrogen-bond acceptors (Lipinski definition) is 5. The SMILES string of the molecule is CN(C)CCCCCCCCCC(=O)N(CCC(=O)OC(C)(C)C)OCc1ccccc1. The van der Waals surface area contributed by atoms with Gasteiger partial charge in [0.15, 0.2) is 0 Å². The van der Waals surface area contributed by atoms with Crippen molar-refractivity contribution < 1.29 is 19.2 Å². The number of hydrogen-bond donors (Lipinski definition) is 0. The maximum Gasteiger partial charge on any atom is 0.308 e. The van der Waals surface area contributed by atoms with E-state index in [1.54, 1.807) is 0 Å². The van der Waals surface area contributed by atoms with E-state index in [0.29, 0.717) is 13.0 Å². The van der Waals surface area contributed by atoms with E-state index in [4.69, 9.17) is 9.57 Å². The summed E-state index contributed by atoms with van der Waals surface area (Å²) in [6.45, 7) is 7.16. The second-order valence-corrected chi connectivity index (χ2v) is 9.62. The average molecular weight is 449 g/mol. The zero-order valence-corrected chi connectivity index (χ0v) is 20.9. The van der Waals surface area contributed by atoms with Gasteiger partial charge < -0.3 is 9.64 Å². The summed E-state index contributed by atoms with van der Waals surface area (Å²) in [6, 6.07) is 9.72. The summed E-state index contributed by atoms with van der Waals surface area (Å²) in [6.07, 6.45) is 8.57. The number of nitrogens with zero attached hydrogens (tertiary/aromatic N) is 2. The van der Waals surface area contributed by atoms with Crippen LogP contribution in [0.15, 0.2) is 30.3 Å². The zero-order chi connectivity index (χ0) is 23.8. The third-order valence-electron chi connectivity index (χ3n) is 4.94. The molecule has 1 aromatic carbocycles. The Morgan fingerprint density at radius 3 is 2.00 bits per heavy atom. The minimum absolute atomic E-state index is 0.0736. The minimum Gasteiger partial charge on any atom is -0.460 e. The molecule has 0 unspecified atom stereocenters. The molecule has 0 saturated carbocycles. The molecule has 0 aromatic heterocycles. The first-order valence-corrected chi connectivity index (χ1v) is 12.0. The highest BCUT2D eigenvalue weighted by Gasteiger charge is 2.20. The summed E-state index contributed by atoms with van der Waals surface area (Å²) in [5.41, 5.74) is 0.445. The summed E-state index contributed by atoms with van der Waals surface area (Å²) < 4.78 is 5.36. The van der Waals surface area contributed by atoms with Crippen molar-refractivity contribution in [1.82, 2.24) is 9.96 Å². The molecular weight excluding hydrogens is 404 g/mol. The highest BCUT2D eigenvalue weighted by molar-refractivity contribution is 5.76. The number of ether oxygens (including phenoxy) is 1. The number of rotatable bonds is 16. The molecule has 0 N–H and O–H groups in total. The maximum atomic E-state index is 12.7. The predicted octanol–water partition coefficient (Wildman–Crippen LogP) is 5.36. The van der Waals surface area contributed by atoms with E-state index in [2.05, 4.69) is 19.0 Å². The second-order valence-electron chi connectivity index (χ2n) is 9.62. The van der Waals surface area contributed by atoms with Crippen LogP contribution < -0.4 is 0 Å². The smallest absolute Gasteiger partial charge is 0.308 e. The lowest BCUT2D eigenvalue weighted by atomic mass is 10.1. The van der Waals surface area contributed by atoms with Crippen LogP contribution in [-0.2, 0) is 25.8 Å². The van der Waals surface area contributed by atoms with Crippen LogP contribution in [0.25, 0.3) is 0 Å². The van der Waals surface area contributed by atoms with E-state index >= 15 is 0 Å². The molecule has 6 nitrogen and oxygen atoms in total. The standard InChI is InChI=1S/C26H44N2O4/c1-26(2,3)32-25(30)19-21-28(31-22-23-16-12-11-13-17-23)24(29)18-14-9-7-6-8-10-15-20-27(4)5/h11-13,16-17H,6-10,14-15,18-22H2,1-5H3. The van der Waals surface area contributed by atoms with Crippen molar-refractivity contribution in [2.45, 2.75) is 90.8 Å². The predicted molar refractivity (Wildman–Crippen MR) is 129 cm³/mol. The Bertz CT molecular complexity index is 641. The highest BCUT2D eigenvalue weighted by atomic mass is 16.7. The van der Waals surface area contributed by atoms with Crippen LogP contribution in [0.4, 0.5) is 0 Å². The summed E-state index contributed by atoms with van der Waals surface area (Å²) >= 11 is 0. The fourth-order valence-electron chi connectivity index (χ4n) is 3.29. The molecule has 0 aliphatic rings. The van der Waals surface area contributed by atoms with Crippen LogP contribution >= 0.6 is 0 Å². The van der Waals surface area contributed by atoms with Gasteiger partial charge in [-0.3, -0.25) is 14.4 Å². The van der Waals surface area contributed by atoms with E-state index in [1.807, 2.05) is 51.1 Å². The number of amides is 1. The quantitative estimate of drug-likeness (QED) is 0.194. The Morgan fingerprint density at radius 1 is 0.812 bits per heavy atom. The van der Waals surface area contributed by atoms with Crippen molar-refractivity contribution in [3.05, 3.63) is 35.9 Å². The van der Waals surface area contributed by atoms with Crippen LogP contribution in [0.2, 0.25) is 0 Å². The molecule has 0 fully saturated rings. The number of benzene rings is 1. The Balaban J connectivity index is 2.38. The second kappa shape index (κ2) is 15.8. The maximum absolute atomic E-state index is 12.7. The third-order valence-corrected chi connectivity index (χ3v) is 4.94. The number of hydroxylamine groups is 2. The summed E-state index contributed by atoms with van der Waals surface area (Å²) in [5, 5.41) is 1.35. The van der Waals surface area contributed by atoms with Gasteiger partial charge in [0.1, 0.15) is 12.2 Å². The van der Waals surface area contributed by atoms with Crippen LogP contribution in [0, 0.1) is 0 Å². The van der Waals surface area contributed by atoms with Gasteiger partial charge in [-0.15, -0.1) is 0 Å². The average Bonchev–Trinajstić information content (AvgIpc) is 2.71. The Labute approximate surface area is 195 Å². The fourth-order valence-corrected chi connectivity index (χ4v) is 3.29. The van der Waals surface area contributed by atoms with Gasteiger partial charge >= 0.3 is 5.97 Å². The van der Waals surface area contributed by atoms with Crippen LogP contribution in [0.1, 0.15) is 84.1 Å². The normalized spacial score (nSPS) is 11.6. The Kier molecular flexibility index (Phi) is 13.9. The van der Waals surface area contributed by atoms with Crippen LogP contribution in [0.5, 0.6) is 0 Å². The van der Waals surface area contributed by atoms with Crippen molar-refractivity contribution >= 4 is 11.9 Å². The molecule has 0 radical (unpaired) electrons. The third kappa shape index (κ3) is 15.0. The number of unbranched alkanes of at least 4 members (excludes halogenated alkanes) is 6. The summed E-state index contributed by atoms with van der Waals surface area (Å²) in [5.74, 6) is -0.400. The van der Waals surface area contributed by atoms with Gasteiger partial charge in [-0.25, -0.2) is 5.06 Å². The van der Waals surface area contributed by atoms with Gasteiger partial charge in [0.25, 0.3) is 0 Å². The van der Waals surface area contributed by atoms with E-state index in [9.17, 15) is 9.59 Å². The van der Waals surface area contributed by atoms with Crippen LogP contribution in [0.3, 0.4) is 0 Å². The molecule has 0 aliphatic carbocycles. The molecule has 1 amide bonds. The largest absolute Gasteiger partial charge is 0.460 e. The molecule has 0 aliphatic heterocycles. The molecule has 0 bridgehead atoms. The first-order valence-electron chi connectivity index (χ1n) is 12.0. The summed E-state index contributed by atoms with van der Waals surface area (Å²) in [7, 11) is 4.22. The number of esters is 1.